The summed E-state index contributed by atoms with van der Waals surface area (Å²) < 4.78 is 21.8. The van der Waals surface area contributed by atoms with Gasteiger partial charge in [-0.2, -0.15) is 0 Å². The molecule has 2 heterocycles. The van der Waals surface area contributed by atoms with E-state index in [2.05, 4.69) is 27.2 Å². The number of para-hydroxylation sites is 2. The zero-order valence-corrected chi connectivity index (χ0v) is 17.8. The summed E-state index contributed by atoms with van der Waals surface area (Å²) in [6.45, 7) is 6.04. The predicted molar refractivity (Wildman–Crippen MR) is 116 cm³/mol. The molecule has 8 heteroatoms. The highest BCUT2D eigenvalue weighted by Crippen LogP contribution is 2.32. The van der Waals surface area contributed by atoms with Crippen LogP contribution in [0.25, 0.3) is 0 Å². The number of carbonyl (C=O) groups is 1. The van der Waals surface area contributed by atoms with Crippen LogP contribution in [0.2, 0.25) is 0 Å². The lowest BCUT2D eigenvalue weighted by molar-refractivity contribution is -0.122. The van der Waals surface area contributed by atoms with Crippen LogP contribution in [0.4, 0.5) is 0 Å². The third-order valence-corrected chi connectivity index (χ3v) is 5.43. The molecule has 8 nitrogen and oxygen atoms in total. The number of nitrogens with zero attached hydrogens (tertiary/aromatic N) is 2. The molecule has 2 aliphatic rings. The van der Waals surface area contributed by atoms with Crippen molar-refractivity contribution in [1.82, 2.24) is 15.1 Å². The first-order valence-electron chi connectivity index (χ1n) is 10.6. The molecule has 0 unspecified atom stereocenters. The van der Waals surface area contributed by atoms with Crippen LogP contribution < -0.4 is 24.3 Å². The molecular formula is C23H29N3O5. The Morgan fingerprint density at radius 3 is 2.55 bits per heavy atom. The maximum Gasteiger partial charge on any atom is 0.234 e. The number of nitrogens with one attached hydrogen (secondary N) is 1. The van der Waals surface area contributed by atoms with Gasteiger partial charge in [0.2, 0.25) is 12.7 Å². The largest absolute Gasteiger partial charge is 0.493 e. The molecule has 0 aromatic heterocycles. The number of hydrogen-bond donors (Lipinski definition) is 1. The lowest BCUT2D eigenvalue weighted by Gasteiger charge is -2.34. The molecule has 1 fully saturated rings. The summed E-state index contributed by atoms with van der Waals surface area (Å²) >= 11 is 0. The second kappa shape index (κ2) is 10.4. The quantitative estimate of drug-likeness (QED) is 0.611. The van der Waals surface area contributed by atoms with E-state index >= 15 is 0 Å². The van der Waals surface area contributed by atoms with Crippen molar-refractivity contribution >= 4 is 5.91 Å². The number of rotatable bonds is 9. The molecule has 0 spiro atoms. The van der Waals surface area contributed by atoms with Crippen LogP contribution in [0, 0.1) is 0 Å². The summed E-state index contributed by atoms with van der Waals surface area (Å²) in [7, 11) is 1.61. The highest BCUT2D eigenvalue weighted by Gasteiger charge is 2.20. The molecule has 1 amide bonds. The first-order chi connectivity index (χ1) is 15.2. The van der Waals surface area contributed by atoms with Gasteiger partial charge >= 0.3 is 0 Å². The molecule has 4 rings (SSSR count). The van der Waals surface area contributed by atoms with Crippen LogP contribution in [-0.4, -0.2) is 75.5 Å². The molecule has 0 bridgehead atoms. The normalized spacial score (nSPS) is 16.2. The molecule has 2 aliphatic heterocycles. The molecule has 0 aliphatic carbocycles. The van der Waals surface area contributed by atoms with Crippen LogP contribution in [0.3, 0.4) is 0 Å². The van der Waals surface area contributed by atoms with Crippen molar-refractivity contribution in [2.24, 2.45) is 0 Å². The fourth-order valence-electron chi connectivity index (χ4n) is 3.75. The van der Waals surface area contributed by atoms with E-state index in [9.17, 15) is 4.79 Å². The number of piperazine rings is 1. The summed E-state index contributed by atoms with van der Waals surface area (Å²) in [6.07, 6.45) is 0. The average Bonchev–Trinajstić information content (AvgIpc) is 3.26. The number of fused-ring (bicyclic) bond motifs is 1. The van der Waals surface area contributed by atoms with Gasteiger partial charge in [0.15, 0.2) is 23.0 Å². The van der Waals surface area contributed by atoms with Crippen molar-refractivity contribution in [3.8, 4) is 23.0 Å². The van der Waals surface area contributed by atoms with Gasteiger partial charge in [-0.25, -0.2) is 0 Å². The van der Waals surface area contributed by atoms with Gasteiger partial charge in [0.25, 0.3) is 0 Å². The number of hydrogen-bond acceptors (Lipinski definition) is 7. The van der Waals surface area contributed by atoms with Gasteiger partial charge in [0, 0.05) is 32.7 Å². The highest BCUT2D eigenvalue weighted by molar-refractivity contribution is 5.78. The van der Waals surface area contributed by atoms with Crippen LogP contribution in [-0.2, 0) is 11.3 Å². The summed E-state index contributed by atoms with van der Waals surface area (Å²) in [4.78, 5) is 16.8. The van der Waals surface area contributed by atoms with Crippen molar-refractivity contribution in [1.29, 1.82) is 0 Å². The lowest BCUT2D eigenvalue weighted by Crippen LogP contribution is -2.49. The zero-order chi connectivity index (χ0) is 21.5. The second-order valence-electron chi connectivity index (χ2n) is 7.59. The summed E-state index contributed by atoms with van der Waals surface area (Å²) in [5.74, 6) is 3.02. The fraction of sp³-hybridized carbons (Fsp3) is 0.435. The number of benzene rings is 2. The summed E-state index contributed by atoms with van der Waals surface area (Å²) in [6, 6.07) is 13.6. The van der Waals surface area contributed by atoms with Crippen LogP contribution in [0.5, 0.6) is 23.0 Å². The van der Waals surface area contributed by atoms with Gasteiger partial charge in [-0.3, -0.25) is 14.6 Å². The van der Waals surface area contributed by atoms with Crippen molar-refractivity contribution in [2.45, 2.75) is 6.54 Å². The van der Waals surface area contributed by atoms with Crippen molar-refractivity contribution in [3.63, 3.8) is 0 Å². The molecule has 0 saturated carbocycles. The third kappa shape index (κ3) is 5.80. The SMILES string of the molecule is COc1ccccc1OCCNC(=O)CN1CCN(Cc2ccc3c(c2)OCO3)CC1. The Hall–Kier alpha value is -2.97. The summed E-state index contributed by atoms with van der Waals surface area (Å²) in [5.41, 5.74) is 1.21. The van der Waals surface area contributed by atoms with Crippen molar-refractivity contribution < 1.29 is 23.7 Å². The second-order valence-corrected chi connectivity index (χ2v) is 7.59. The molecule has 0 atom stereocenters. The maximum atomic E-state index is 12.3. The van der Waals surface area contributed by atoms with E-state index in [0.29, 0.717) is 38.0 Å². The predicted octanol–water partition coefficient (Wildman–Crippen LogP) is 1.74. The Morgan fingerprint density at radius 1 is 1.00 bits per heavy atom. The molecule has 2 aromatic rings. The maximum absolute atomic E-state index is 12.3. The number of amides is 1. The van der Waals surface area contributed by atoms with E-state index in [0.717, 1.165) is 44.2 Å². The van der Waals surface area contributed by atoms with Crippen LogP contribution in [0.15, 0.2) is 42.5 Å². The van der Waals surface area contributed by atoms with E-state index in [1.54, 1.807) is 7.11 Å². The topological polar surface area (TPSA) is 72.5 Å². The van der Waals surface area contributed by atoms with E-state index in [1.807, 2.05) is 30.3 Å². The Balaban J connectivity index is 1.12. The Morgan fingerprint density at radius 2 is 1.74 bits per heavy atom. The molecule has 1 N–H and O–H groups in total. The van der Waals surface area contributed by atoms with Crippen molar-refractivity contribution in [2.75, 3.05) is 59.8 Å². The Labute approximate surface area is 182 Å². The minimum atomic E-state index is 0.0212. The molecule has 1 saturated heterocycles. The van der Waals surface area contributed by atoms with Gasteiger partial charge in [-0.1, -0.05) is 18.2 Å². The van der Waals surface area contributed by atoms with E-state index in [4.69, 9.17) is 18.9 Å². The van der Waals surface area contributed by atoms with Crippen molar-refractivity contribution in [3.05, 3.63) is 48.0 Å². The number of ether oxygens (including phenoxy) is 4. The molecule has 0 radical (unpaired) electrons. The van der Waals surface area contributed by atoms with Gasteiger partial charge in [0.05, 0.1) is 20.2 Å². The number of methoxy groups -OCH3 is 1. The average molecular weight is 428 g/mol. The van der Waals surface area contributed by atoms with Gasteiger partial charge in [-0.15, -0.1) is 0 Å². The van der Waals surface area contributed by atoms with Gasteiger partial charge in [0.1, 0.15) is 6.61 Å². The molecule has 2 aromatic carbocycles. The number of carbonyl (C=O) groups excluding carboxylic acids is 1. The Bertz CT molecular complexity index is 883. The first-order valence-corrected chi connectivity index (χ1v) is 10.6. The van der Waals surface area contributed by atoms with E-state index < -0.39 is 0 Å². The smallest absolute Gasteiger partial charge is 0.234 e. The van der Waals surface area contributed by atoms with Crippen LogP contribution >= 0.6 is 0 Å². The fourth-order valence-corrected chi connectivity index (χ4v) is 3.75. The standard InChI is InChI=1S/C23H29N3O5/c1-28-19-4-2-3-5-20(19)29-13-8-24-23(27)16-26-11-9-25(10-12-26)15-18-6-7-21-22(14-18)31-17-30-21/h2-7,14H,8-13,15-17H2,1H3,(H,24,27). The van der Waals surface area contributed by atoms with Crippen LogP contribution in [0.1, 0.15) is 5.56 Å². The highest BCUT2D eigenvalue weighted by atomic mass is 16.7. The van der Waals surface area contributed by atoms with Gasteiger partial charge < -0.3 is 24.3 Å². The zero-order valence-electron chi connectivity index (χ0n) is 17.8. The third-order valence-electron chi connectivity index (χ3n) is 5.43. The van der Waals surface area contributed by atoms with E-state index in [-0.39, 0.29) is 5.91 Å². The molecular weight excluding hydrogens is 398 g/mol. The summed E-state index contributed by atoms with van der Waals surface area (Å²) in [5, 5.41) is 2.93. The monoisotopic (exact) mass is 427 g/mol. The van der Waals surface area contributed by atoms with Gasteiger partial charge in [-0.05, 0) is 29.8 Å². The van der Waals surface area contributed by atoms with E-state index in [1.165, 1.54) is 5.56 Å². The minimum absolute atomic E-state index is 0.0212. The first kappa shape index (κ1) is 21.3. The lowest BCUT2D eigenvalue weighted by atomic mass is 10.1. The minimum Gasteiger partial charge on any atom is -0.493 e. The Kier molecular flexibility index (Phi) is 7.11. The molecule has 31 heavy (non-hydrogen) atoms. The molecule has 166 valence electrons.